The van der Waals surface area contributed by atoms with Gasteiger partial charge < -0.3 is 24.6 Å². The average Bonchev–Trinajstić information content (AvgIpc) is 3.02. The van der Waals surface area contributed by atoms with Gasteiger partial charge in [-0.15, -0.1) is 0 Å². The van der Waals surface area contributed by atoms with Gasteiger partial charge in [0, 0.05) is 69.6 Å². The predicted octanol–water partition coefficient (Wildman–Crippen LogP) is 4.58. The van der Waals surface area contributed by atoms with Crippen LogP contribution in [0.25, 0.3) is 0 Å². The van der Waals surface area contributed by atoms with E-state index in [-0.39, 0.29) is 37.1 Å². The Morgan fingerprint density at radius 3 is 2.44 bits per heavy atom. The first-order valence-electron chi connectivity index (χ1n) is 15.3. The Hall–Kier alpha value is -2.83. The Labute approximate surface area is 249 Å². The molecule has 2 aromatic rings. The summed E-state index contributed by atoms with van der Waals surface area (Å²) in [6, 6.07) is 3.84. The highest BCUT2D eigenvalue weighted by Gasteiger charge is 2.34. The van der Waals surface area contributed by atoms with Crippen LogP contribution in [-0.4, -0.2) is 85.1 Å². The van der Waals surface area contributed by atoms with Crippen molar-refractivity contribution in [3.05, 3.63) is 52.0 Å². The third-order valence-electron chi connectivity index (χ3n) is 9.29. The number of fused-ring (bicyclic) bond motifs is 1. The van der Waals surface area contributed by atoms with E-state index in [1.54, 1.807) is 6.07 Å². The second-order valence-electron chi connectivity index (χ2n) is 12.1. The van der Waals surface area contributed by atoms with Crippen LogP contribution in [0.5, 0.6) is 0 Å². The third-order valence-corrected chi connectivity index (χ3v) is 9.29. The third kappa shape index (κ3) is 6.66. The molecule has 0 saturated carbocycles. The fraction of sp³-hybridized carbons (Fsp3) is 0.645. The van der Waals surface area contributed by atoms with E-state index < -0.39 is 17.9 Å². The van der Waals surface area contributed by atoms with E-state index >= 15 is 0 Å². The molecule has 0 aliphatic carbocycles. The molecule has 0 bridgehead atoms. The van der Waals surface area contributed by atoms with Crippen molar-refractivity contribution in [2.45, 2.75) is 82.3 Å². The van der Waals surface area contributed by atoms with Crippen LogP contribution in [0.2, 0.25) is 0 Å². The van der Waals surface area contributed by atoms with Gasteiger partial charge in [0.05, 0.1) is 12.2 Å². The number of likely N-dealkylation sites (tertiary alicyclic amines) is 1. The molecular weight excluding hydrogens is 566 g/mol. The fourth-order valence-corrected chi connectivity index (χ4v) is 6.68. The molecule has 4 aliphatic heterocycles. The lowest BCUT2D eigenvalue weighted by Gasteiger charge is -2.37. The number of carbonyl (C=O) groups is 1. The molecule has 0 unspecified atom stereocenters. The van der Waals surface area contributed by atoms with Gasteiger partial charge in [-0.05, 0) is 68.7 Å². The van der Waals surface area contributed by atoms with Crippen molar-refractivity contribution in [1.29, 1.82) is 0 Å². The van der Waals surface area contributed by atoms with Gasteiger partial charge in [0.1, 0.15) is 23.5 Å². The number of anilines is 1. The largest absolute Gasteiger partial charge is 0.416 e. The maximum Gasteiger partial charge on any atom is 0.416 e. The Bertz CT molecular complexity index is 1310. The van der Waals surface area contributed by atoms with Crippen molar-refractivity contribution >= 4 is 11.7 Å². The average molecular weight is 606 g/mol. The molecule has 234 valence electrons. The summed E-state index contributed by atoms with van der Waals surface area (Å²) in [5.74, 6) is 1.07. The van der Waals surface area contributed by atoms with E-state index in [2.05, 4.69) is 5.32 Å². The normalized spacial score (nSPS) is 24.2. The minimum Gasteiger partial charge on any atom is -0.381 e. The van der Waals surface area contributed by atoms with Crippen molar-refractivity contribution in [3.8, 4) is 0 Å². The summed E-state index contributed by atoms with van der Waals surface area (Å²) in [5.41, 5.74) is 1.84. The zero-order chi connectivity index (χ0) is 30.1. The van der Waals surface area contributed by atoms with Gasteiger partial charge in [-0.2, -0.15) is 13.2 Å². The molecule has 1 aromatic heterocycles. The Kier molecular flexibility index (Phi) is 8.89. The molecule has 0 spiro atoms. The van der Waals surface area contributed by atoms with Gasteiger partial charge in [-0.25, -0.2) is 14.4 Å². The van der Waals surface area contributed by atoms with E-state index in [0.717, 1.165) is 24.5 Å². The molecule has 5 heterocycles. The van der Waals surface area contributed by atoms with Crippen LogP contribution in [0.4, 0.5) is 23.4 Å². The minimum absolute atomic E-state index is 0.0385. The van der Waals surface area contributed by atoms with Gasteiger partial charge in [-0.1, -0.05) is 6.07 Å². The fourth-order valence-electron chi connectivity index (χ4n) is 6.68. The molecule has 12 heteroatoms. The van der Waals surface area contributed by atoms with Gasteiger partial charge in [-0.3, -0.25) is 4.79 Å². The second kappa shape index (κ2) is 12.6. The summed E-state index contributed by atoms with van der Waals surface area (Å²) in [6.45, 7) is 5.58. The highest BCUT2D eigenvalue weighted by Crippen LogP contribution is 2.35. The van der Waals surface area contributed by atoms with Crippen molar-refractivity contribution in [2.24, 2.45) is 0 Å². The number of amides is 1. The lowest BCUT2D eigenvalue weighted by atomic mass is 9.96. The number of nitrogens with zero attached hydrogens (tertiary/aromatic N) is 4. The van der Waals surface area contributed by atoms with Crippen molar-refractivity contribution in [1.82, 2.24) is 20.2 Å². The van der Waals surface area contributed by atoms with E-state index in [9.17, 15) is 22.4 Å². The first-order chi connectivity index (χ1) is 20.7. The number of carbonyl (C=O) groups excluding carboxylic acids is 1. The van der Waals surface area contributed by atoms with Gasteiger partial charge >= 0.3 is 6.18 Å². The molecule has 3 saturated heterocycles. The molecular formula is C31H39F4N5O3. The molecule has 1 aromatic carbocycles. The van der Waals surface area contributed by atoms with Crippen LogP contribution in [-0.2, 0) is 28.6 Å². The second-order valence-corrected chi connectivity index (χ2v) is 12.1. The summed E-state index contributed by atoms with van der Waals surface area (Å²) in [7, 11) is 0. The standard InChI is InChI=1S/C31H39F4N5O3/c1-19-27(30(41)39-11-5-24(6-12-39)36-26-9-15-43-18-25(26)32)37-28(21-7-13-42-14-8-21)38-29(19)40-10-4-20-2-3-23(31(33,34)35)16-22(20)17-40/h2-3,16,21,24-26,36H,4-15,17-18H2,1H3/t25-,26+/m0/s1. The van der Waals surface area contributed by atoms with Gasteiger partial charge in [0.15, 0.2) is 0 Å². The van der Waals surface area contributed by atoms with Crippen molar-refractivity contribution in [2.75, 3.05) is 51.0 Å². The smallest absolute Gasteiger partial charge is 0.381 e. The van der Waals surface area contributed by atoms with Crippen LogP contribution >= 0.6 is 0 Å². The van der Waals surface area contributed by atoms with E-state index in [4.69, 9.17) is 19.4 Å². The van der Waals surface area contributed by atoms with Crippen LogP contribution in [0.3, 0.4) is 0 Å². The number of halogens is 4. The first kappa shape index (κ1) is 30.2. The SMILES string of the molecule is Cc1c(C(=O)N2CCC(N[C@@H]3CCOC[C@@H]3F)CC2)nc(C2CCOCC2)nc1N1CCc2ccc(C(F)(F)F)cc2C1. The van der Waals surface area contributed by atoms with Crippen LogP contribution in [0, 0.1) is 6.92 Å². The number of rotatable bonds is 5. The Morgan fingerprint density at radius 2 is 1.72 bits per heavy atom. The lowest BCUT2D eigenvalue weighted by Crippen LogP contribution is -2.52. The number of hydrogen-bond donors (Lipinski definition) is 1. The van der Waals surface area contributed by atoms with Crippen LogP contribution < -0.4 is 10.2 Å². The van der Waals surface area contributed by atoms with E-state index in [0.29, 0.717) is 93.6 Å². The van der Waals surface area contributed by atoms with Crippen molar-refractivity contribution in [3.63, 3.8) is 0 Å². The summed E-state index contributed by atoms with van der Waals surface area (Å²) in [5, 5.41) is 3.44. The number of hydrogen-bond acceptors (Lipinski definition) is 7. The van der Waals surface area contributed by atoms with Crippen LogP contribution in [0.15, 0.2) is 18.2 Å². The monoisotopic (exact) mass is 605 g/mol. The molecule has 8 nitrogen and oxygen atoms in total. The lowest BCUT2D eigenvalue weighted by molar-refractivity contribution is -0.137. The van der Waals surface area contributed by atoms with Crippen molar-refractivity contribution < 1.29 is 31.8 Å². The molecule has 0 radical (unpaired) electrons. The molecule has 2 atom stereocenters. The summed E-state index contributed by atoms with van der Waals surface area (Å²) in [4.78, 5) is 27.5. The Morgan fingerprint density at radius 1 is 0.977 bits per heavy atom. The van der Waals surface area contributed by atoms with E-state index in [1.165, 1.54) is 6.07 Å². The quantitative estimate of drug-likeness (QED) is 0.500. The number of benzene rings is 1. The van der Waals surface area contributed by atoms with Gasteiger partial charge in [0.2, 0.25) is 0 Å². The molecule has 4 aliphatic rings. The maximum absolute atomic E-state index is 14.3. The topological polar surface area (TPSA) is 79.8 Å². The highest BCUT2D eigenvalue weighted by atomic mass is 19.4. The summed E-state index contributed by atoms with van der Waals surface area (Å²) in [6.07, 6.45) is -1.31. The summed E-state index contributed by atoms with van der Waals surface area (Å²) >= 11 is 0. The molecule has 1 N–H and O–H groups in total. The molecule has 6 rings (SSSR count). The zero-order valence-electron chi connectivity index (χ0n) is 24.5. The minimum atomic E-state index is -4.42. The Balaban J connectivity index is 1.23. The number of aromatic nitrogens is 2. The van der Waals surface area contributed by atoms with E-state index in [1.807, 2.05) is 16.7 Å². The highest BCUT2D eigenvalue weighted by molar-refractivity contribution is 5.95. The molecule has 43 heavy (non-hydrogen) atoms. The number of alkyl halides is 4. The maximum atomic E-state index is 14.3. The van der Waals surface area contributed by atoms with Crippen LogP contribution in [0.1, 0.15) is 76.6 Å². The summed E-state index contributed by atoms with van der Waals surface area (Å²) < 4.78 is 65.4. The number of ether oxygens (including phenoxy) is 2. The van der Waals surface area contributed by atoms with Gasteiger partial charge in [0.25, 0.3) is 5.91 Å². The first-order valence-corrected chi connectivity index (χ1v) is 15.3. The molecule has 3 fully saturated rings. The zero-order valence-corrected chi connectivity index (χ0v) is 24.5. The number of piperidine rings is 1. The number of nitrogens with one attached hydrogen (secondary N) is 1. The molecule has 1 amide bonds. The predicted molar refractivity (Wildman–Crippen MR) is 152 cm³/mol.